The molecule has 13 heavy (non-hydrogen) atoms. The van der Waals surface area contributed by atoms with Gasteiger partial charge in [0.2, 0.25) is 5.88 Å². The lowest BCUT2D eigenvalue weighted by Gasteiger charge is -2.10. The second kappa shape index (κ2) is 2.90. The minimum atomic E-state index is -0.541. The van der Waals surface area contributed by atoms with Gasteiger partial charge in [0.1, 0.15) is 12.3 Å². The molecular weight excluding hydrogens is 168 g/mol. The Bertz CT molecular complexity index is 385. The Balaban J connectivity index is 2.48. The fourth-order valence-electron chi connectivity index (χ4n) is 1.13. The molecule has 0 spiro atoms. The first-order valence-corrected chi connectivity index (χ1v) is 3.87. The predicted molar refractivity (Wildman–Crippen MR) is 47.3 cm³/mol. The first-order chi connectivity index (χ1) is 6.27. The van der Waals surface area contributed by atoms with Gasteiger partial charge in [-0.3, -0.25) is 4.79 Å². The summed E-state index contributed by atoms with van der Waals surface area (Å²) in [4.78, 5) is 14.7. The SMILES string of the molecule is NC(=O)c1ccc2c(n1)OCC=C2. The number of carbonyl (C=O) groups excluding carboxylic acids is 1. The fraction of sp³-hybridized carbons (Fsp3) is 0.111. The average molecular weight is 176 g/mol. The molecule has 0 aliphatic carbocycles. The van der Waals surface area contributed by atoms with Crippen molar-refractivity contribution in [3.05, 3.63) is 29.5 Å². The highest BCUT2D eigenvalue weighted by atomic mass is 16.5. The number of carbonyl (C=O) groups is 1. The van der Waals surface area contributed by atoms with Crippen LogP contribution in [0.3, 0.4) is 0 Å². The van der Waals surface area contributed by atoms with Crippen molar-refractivity contribution in [3.63, 3.8) is 0 Å². The summed E-state index contributed by atoms with van der Waals surface area (Å²) in [6, 6.07) is 3.35. The maximum atomic E-state index is 10.8. The Hall–Kier alpha value is -1.84. The van der Waals surface area contributed by atoms with Crippen LogP contribution in [0.15, 0.2) is 18.2 Å². The number of aromatic nitrogens is 1. The van der Waals surface area contributed by atoms with Gasteiger partial charge >= 0.3 is 0 Å². The van der Waals surface area contributed by atoms with E-state index in [1.807, 2.05) is 12.2 Å². The first-order valence-electron chi connectivity index (χ1n) is 3.87. The summed E-state index contributed by atoms with van der Waals surface area (Å²) in [5.41, 5.74) is 6.17. The summed E-state index contributed by atoms with van der Waals surface area (Å²) in [6.45, 7) is 0.488. The minimum absolute atomic E-state index is 0.231. The van der Waals surface area contributed by atoms with E-state index >= 15 is 0 Å². The highest BCUT2D eigenvalue weighted by Gasteiger charge is 2.10. The van der Waals surface area contributed by atoms with E-state index in [0.29, 0.717) is 12.5 Å². The van der Waals surface area contributed by atoms with Gasteiger partial charge in [-0.15, -0.1) is 0 Å². The average Bonchev–Trinajstić information content (AvgIpc) is 2.17. The molecule has 4 nitrogen and oxygen atoms in total. The summed E-state index contributed by atoms with van der Waals surface area (Å²) in [5.74, 6) is -0.0697. The third-order valence-corrected chi connectivity index (χ3v) is 1.76. The van der Waals surface area contributed by atoms with Crippen molar-refractivity contribution >= 4 is 12.0 Å². The lowest BCUT2D eigenvalue weighted by Crippen LogP contribution is -2.14. The van der Waals surface area contributed by atoms with Gasteiger partial charge in [0.25, 0.3) is 5.91 Å². The van der Waals surface area contributed by atoms with E-state index < -0.39 is 5.91 Å². The number of ether oxygens (including phenoxy) is 1. The van der Waals surface area contributed by atoms with Crippen molar-refractivity contribution < 1.29 is 9.53 Å². The van der Waals surface area contributed by atoms with Crippen LogP contribution in [0.2, 0.25) is 0 Å². The first kappa shape index (κ1) is 7.79. The molecule has 2 rings (SSSR count). The summed E-state index contributed by atoms with van der Waals surface area (Å²) in [5, 5.41) is 0. The standard InChI is InChI=1S/C9H8N2O2/c10-8(12)7-4-3-6-2-1-5-13-9(6)11-7/h1-4H,5H2,(H2,10,12). The summed E-state index contributed by atoms with van der Waals surface area (Å²) < 4.78 is 5.21. The highest BCUT2D eigenvalue weighted by Crippen LogP contribution is 2.20. The molecule has 0 saturated heterocycles. The van der Waals surface area contributed by atoms with Crippen molar-refractivity contribution in [2.24, 2.45) is 5.73 Å². The zero-order valence-corrected chi connectivity index (χ0v) is 6.86. The third-order valence-electron chi connectivity index (χ3n) is 1.76. The summed E-state index contributed by atoms with van der Waals surface area (Å²) in [6.07, 6.45) is 3.78. The predicted octanol–water partition coefficient (Wildman–Crippen LogP) is 0.586. The van der Waals surface area contributed by atoms with Gasteiger partial charge in [-0.25, -0.2) is 4.98 Å². The topological polar surface area (TPSA) is 65.2 Å². The lowest BCUT2D eigenvalue weighted by atomic mass is 10.2. The Morgan fingerprint density at radius 1 is 1.54 bits per heavy atom. The molecule has 0 unspecified atom stereocenters. The molecular formula is C9H8N2O2. The molecule has 1 aromatic rings. The van der Waals surface area contributed by atoms with E-state index in [4.69, 9.17) is 10.5 Å². The van der Waals surface area contributed by atoms with Crippen molar-refractivity contribution in [1.82, 2.24) is 4.98 Å². The van der Waals surface area contributed by atoms with Gasteiger partial charge in [0.05, 0.1) is 0 Å². The quantitative estimate of drug-likeness (QED) is 0.680. The zero-order valence-electron chi connectivity index (χ0n) is 6.86. The summed E-state index contributed by atoms with van der Waals surface area (Å²) in [7, 11) is 0. The van der Waals surface area contributed by atoms with Crippen LogP contribution in [-0.2, 0) is 0 Å². The number of pyridine rings is 1. The molecule has 1 amide bonds. The second-order valence-corrected chi connectivity index (χ2v) is 2.67. The fourth-order valence-corrected chi connectivity index (χ4v) is 1.13. The van der Waals surface area contributed by atoms with E-state index in [-0.39, 0.29) is 5.69 Å². The van der Waals surface area contributed by atoms with Crippen molar-refractivity contribution in [2.75, 3.05) is 6.61 Å². The molecule has 0 saturated carbocycles. The summed E-state index contributed by atoms with van der Waals surface area (Å²) >= 11 is 0. The van der Waals surface area contributed by atoms with Gasteiger partial charge in [0, 0.05) is 5.56 Å². The van der Waals surface area contributed by atoms with Crippen molar-refractivity contribution in [3.8, 4) is 5.88 Å². The van der Waals surface area contributed by atoms with E-state index in [9.17, 15) is 4.79 Å². The van der Waals surface area contributed by atoms with Crippen LogP contribution in [-0.4, -0.2) is 17.5 Å². The van der Waals surface area contributed by atoms with E-state index in [2.05, 4.69) is 4.98 Å². The molecule has 0 atom stereocenters. The van der Waals surface area contributed by atoms with Crippen molar-refractivity contribution in [2.45, 2.75) is 0 Å². The van der Waals surface area contributed by atoms with Crippen LogP contribution in [0.5, 0.6) is 5.88 Å². The number of rotatable bonds is 1. The molecule has 0 fully saturated rings. The second-order valence-electron chi connectivity index (χ2n) is 2.67. The third kappa shape index (κ3) is 1.38. The van der Waals surface area contributed by atoms with Gasteiger partial charge in [0.15, 0.2) is 0 Å². The Morgan fingerprint density at radius 3 is 3.15 bits per heavy atom. The van der Waals surface area contributed by atoms with Crippen LogP contribution >= 0.6 is 0 Å². The minimum Gasteiger partial charge on any atom is -0.473 e. The molecule has 2 heterocycles. The van der Waals surface area contributed by atoms with E-state index in [0.717, 1.165) is 5.56 Å². The van der Waals surface area contributed by atoms with E-state index in [1.165, 1.54) is 0 Å². The number of amides is 1. The van der Waals surface area contributed by atoms with Gasteiger partial charge in [-0.2, -0.15) is 0 Å². The van der Waals surface area contributed by atoms with Gasteiger partial charge in [-0.05, 0) is 18.2 Å². The highest BCUT2D eigenvalue weighted by molar-refractivity contribution is 5.91. The number of primary amides is 1. The van der Waals surface area contributed by atoms with Crippen LogP contribution in [0.1, 0.15) is 16.1 Å². The largest absolute Gasteiger partial charge is 0.473 e. The molecule has 0 aromatic carbocycles. The van der Waals surface area contributed by atoms with Crippen LogP contribution < -0.4 is 10.5 Å². The normalized spacial score (nSPS) is 13.2. The van der Waals surface area contributed by atoms with Crippen LogP contribution in [0.4, 0.5) is 0 Å². The molecule has 0 radical (unpaired) electrons. The molecule has 1 aromatic heterocycles. The zero-order chi connectivity index (χ0) is 9.26. The maximum Gasteiger partial charge on any atom is 0.267 e. The number of fused-ring (bicyclic) bond motifs is 1. The lowest BCUT2D eigenvalue weighted by molar-refractivity contribution is 0.0994. The number of nitrogens with two attached hydrogens (primary N) is 1. The Labute approximate surface area is 75.0 Å². The Kier molecular flexibility index (Phi) is 1.73. The van der Waals surface area contributed by atoms with E-state index in [1.54, 1.807) is 12.1 Å². The smallest absolute Gasteiger partial charge is 0.267 e. The van der Waals surface area contributed by atoms with Crippen LogP contribution in [0, 0.1) is 0 Å². The Morgan fingerprint density at radius 2 is 2.38 bits per heavy atom. The molecule has 66 valence electrons. The number of nitrogens with zero attached hydrogens (tertiary/aromatic N) is 1. The van der Waals surface area contributed by atoms with Crippen molar-refractivity contribution in [1.29, 1.82) is 0 Å². The van der Waals surface area contributed by atoms with Crippen LogP contribution in [0.25, 0.3) is 6.08 Å². The van der Waals surface area contributed by atoms with Gasteiger partial charge < -0.3 is 10.5 Å². The maximum absolute atomic E-state index is 10.8. The number of hydrogen-bond donors (Lipinski definition) is 1. The molecule has 2 N–H and O–H groups in total. The monoisotopic (exact) mass is 176 g/mol. The molecule has 1 aliphatic rings. The molecule has 4 heteroatoms. The number of hydrogen-bond acceptors (Lipinski definition) is 3. The molecule has 0 bridgehead atoms. The van der Waals surface area contributed by atoms with Gasteiger partial charge in [-0.1, -0.05) is 6.08 Å². The molecule has 1 aliphatic heterocycles.